The number of phenols is 1. The van der Waals surface area contributed by atoms with Crippen molar-refractivity contribution in [3.8, 4) is 5.75 Å². The van der Waals surface area contributed by atoms with Crippen molar-refractivity contribution in [3.63, 3.8) is 0 Å². The summed E-state index contributed by atoms with van der Waals surface area (Å²) in [6.45, 7) is 7.24. The number of hydrogen-bond donors (Lipinski definition) is 4. The zero-order valence-corrected chi connectivity index (χ0v) is 16.7. The smallest absolute Gasteiger partial charge is 0.335 e. The minimum atomic E-state index is -1.08. The maximum atomic E-state index is 11.0. The van der Waals surface area contributed by atoms with Crippen molar-refractivity contribution in [3.05, 3.63) is 52.6 Å². The van der Waals surface area contributed by atoms with Crippen LogP contribution in [0.5, 0.6) is 5.75 Å². The van der Waals surface area contributed by atoms with Crippen LogP contribution in [0.3, 0.4) is 0 Å². The number of hydrogen-bond acceptors (Lipinski definition) is 4. The Kier molecular flexibility index (Phi) is 8.73. The summed E-state index contributed by atoms with van der Waals surface area (Å²) in [5, 5.41) is 38.5. The van der Waals surface area contributed by atoms with Crippen molar-refractivity contribution in [2.45, 2.75) is 71.5 Å². The van der Waals surface area contributed by atoms with Crippen molar-refractivity contribution in [1.82, 2.24) is 0 Å². The van der Waals surface area contributed by atoms with Gasteiger partial charge in [0.15, 0.2) is 0 Å². The first-order valence-corrected chi connectivity index (χ1v) is 9.27. The number of benzene rings is 1. The lowest BCUT2D eigenvalue weighted by Gasteiger charge is -2.24. The zero-order valence-electron chi connectivity index (χ0n) is 16.7. The van der Waals surface area contributed by atoms with E-state index in [-0.39, 0.29) is 11.3 Å². The highest BCUT2D eigenvalue weighted by atomic mass is 16.4. The number of aromatic hydroxyl groups is 1. The Hall–Kier alpha value is -2.11. The van der Waals surface area contributed by atoms with Crippen molar-refractivity contribution in [2.24, 2.45) is 0 Å². The summed E-state index contributed by atoms with van der Waals surface area (Å²) in [4.78, 5) is 11.0. The molecule has 0 fully saturated rings. The minimum absolute atomic E-state index is 0.102. The van der Waals surface area contributed by atoms with E-state index in [1.165, 1.54) is 23.8 Å². The molecule has 0 saturated carbocycles. The van der Waals surface area contributed by atoms with Crippen LogP contribution in [0.25, 0.3) is 0 Å². The van der Waals surface area contributed by atoms with Gasteiger partial charge in [0.2, 0.25) is 0 Å². The largest absolute Gasteiger partial charge is 0.508 e. The fourth-order valence-corrected chi connectivity index (χ4v) is 2.63. The van der Waals surface area contributed by atoms with Crippen LogP contribution in [-0.4, -0.2) is 38.1 Å². The number of carboxylic acids is 1. The van der Waals surface area contributed by atoms with Gasteiger partial charge in [0.25, 0.3) is 0 Å². The molecule has 0 aliphatic rings. The van der Waals surface area contributed by atoms with Crippen LogP contribution in [0.15, 0.2) is 41.5 Å². The van der Waals surface area contributed by atoms with Gasteiger partial charge in [-0.25, -0.2) is 4.79 Å². The lowest BCUT2D eigenvalue weighted by molar-refractivity contribution is -0.0509. The third kappa shape index (κ3) is 8.41. The quantitative estimate of drug-likeness (QED) is 0.458. The fourth-order valence-electron chi connectivity index (χ4n) is 2.63. The number of aromatic carboxylic acids is 1. The van der Waals surface area contributed by atoms with Gasteiger partial charge in [-0.15, -0.1) is 0 Å². The van der Waals surface area contributed by atoms with Gasteiger partial charge in [-0.1, -0.05) is 23.3 Å². The van der Waals surface area contributed by atoms with Crippen LogP contribution in [0.4, 0.5) is 0 Å². The first-order chi connectivity index (χ1) is 12.5. The number of aliphatic hydroxyl groups is 2. The molecule has 1 aromatic rings. The van der Waals surface area contributed by atoms with E-state index in [0.29, 0.717) is 18.4 Å². The van der Waals surface area contributed by atoms with Gasteiger partial charge in [0, 0.05) is 0 Å². The molecule has 0 radical (unpaired) electrons. The molecule has 0 aromatic heterocycles. The highest BCUT2D eigenvalue weighted by molar-refractivity contribution is 5.88. The molecule has 1 rings (SSSR count). The molecule has 5 heteroatoms. The van der Waals surface area contributed by atoms with Crippen LogP contribution in [0.1, 0.15) is 69.3 Å². The Morgan fingerprint density at radius 3 is 2.37 bits per heavy atom. The second-order valence-corrected chi connectivity index (χ2v) is 7.70. The third-order valence-corrected chi connectivity index (χ3v) is 4.66. The van der Waals surface area contributed by atoms with Crippen molar-refractivity contribution < 1.29 is 25.2 Å². The van der Waals surface area contributed by atoms with E-state index in [1.807, 2.05) is 19.9 Å². The summed E-state index contributed by atoms with van der Waals surface area (Å²) < 4.78 is 0. The second-order valence-electron chi connectivity index (χ2n) is 7.70. The summed E-state index contributed by atoms with van der Waals surface area (Å²) in [5.41, 5.74) is 2.03. The van der Waals surface area contributed by atoms with E-state index in [1.54, 1.807) is 13.8 Å². The lowest BCUT2D eigenvalue weighted by atomic mass is 9.95. The molecule has 27 heavy (non-hydrogen) atoms. The third-order valence-electron chi connectivity index (χ3n) is 4.66. The van der Waals surface area contributed by atoms with Crippen molar-refractivity contribution in [1.29, 1.82) is 0 Å². The van der Waals surface area contributed by atoms with Gasteiger partial charge in [-0.05, 0) is 83.6 Å². The monoisotopic (exact) mass is 376 g/mol. The number of carbonyl (C=O) groups is 1. The summed E-state index contributed by atoms with van der Waals surface area (Å²) in [6, 6.07) is 4.30. The minimum Gasteiger partial charge on any atom is -0.508 e. The van der Waals surface area contributed by atoms with E-state index in [2.05, 4.69) is 6.08 Å². The van der Waals surface area contributed by atoms with Gasteiger partial charge in [0.1, 0.15) is 5.75 Å². The Labute approximate surface area is 161 Å². The van der Waals surface area contributed by atoms with E-state index < -0.39 is 17.7 Å². The number of carboxylic acid groups (broad SMARTS) is 1. The molecular weight excluding hydrogens is 344 g/mol. The molecule has 0 unspecified atom stereocenters. The number of phenolic OH excluding ortho intramolecular Hbond substituents is 1. The second kappa shape index (κ2) is 10.3. The Balaban J connectivity index is 2.51. The molecule has 150 valence electrons. The summed E-state index contributed by atoms with van der Waals surface area (Å²) in [6.07, 6.45) is 6.89. The van der Waals surface area contributed by atoms with Crippen LogP contribution in [0, 0.1) is 0 Å². The highest BCUT2D eigenvalue weighted by Gasteiger charge is 2.23. The molecule has 0 heterocycles. The number of allylic oxidation sites excluding steroid dienone is 4. The molecule has 1 atom stereocenters. The maximum Gasteiger partial charge on any atom is 0.335 e. The van der Waals surface area contributed by atoms with Crippen molar-refractivity contribution in [2.75, 3.05) is 0 Å². The average molecular weight is 376 g/mol. The predicted octanol–water partition coefficient (Wildman–Crippen LogP) is 4.22. The van der Waals surface area contributed by atoms with Crippen LogP contribution in [-0.2, 0) is 6.42 Å². The molecule has 5 nitrogen and oxygen atoms in total. The van der Waals surface area contributed by atoms with Crippen LogP contribution < -0.4 is 0 Å². The molecule has 0 aliphatic carbocycles. The van der Waals surface area contributed by atoms with Gasteiger partial charge < -0.3 is 20.4 Å². The van der Waals surface area contributed by atoms with Gasteiger partial charge in [0.05, 0.1) is 17.3 Å². The predicted molar refractivity (Wildman–Crippen MR) is 107 cm³/mol. The topological polar surface area (TPSA) is 98.0 Å². The van der Waals surface area contributed by atoms with Gasteiger partial charge >= 0.3 is 5.97 Å². The first-order valence-electron chi connectivity index (χ1n) is 9.27. The summed E-state index contributed by atoms with van der Waals surface area (Å²) >= 11 is 0. The Bertz CT molecular complexity index is 695. The summed E-state index contributed by atoms with van der Waals surface area (Å²) in [5.74, 6) is -0.905. The molecule has 4 N–H and O–H groups in total. The molecule has 0 amide bonds. The van der Waals surface area contributed by atoms with Crippen molar-refractivity contribution >= 4 is 5.97 Å². The molecule has 0 aliphatic heterocycles. The number of rotatable bonds is 10. The van der Waals surface area contributed by atoms with E-state index in [4.69, 9.17) is 5.11 Å². The van der Waals surface area contributed by atoms with Crippen LogP contribution in [0.2, 0.25) is 0 Å². The molecule has 0 spiro atoms. The van der Waals surface area contributed by atoms with Gasteiger partial charge in [-0.3, -0.25) is 0 Å². The molecule has 0 saturated heterocycles. The molecule has 1 aromatic carbocycles. The summed E-state index contributed by atoms with van der Waals surface area (Å²) in [7, 11) is 0. The van der Waals surface area contributed by atoms with E-state index >= 15 is 0 Å². The standard InChI is InChI=1S/C22H32O5/c1-15(6-5-7-16(2)9-13-20(24)22(3,4)27)8-10-17-14-18(21(25)26)11-12-19(17)23/h7-8,11-12,14,20,23-24,27H,5-6,9-10,13H2,1-4H3,(H,25,26)/t20-/m0/s1. The highest BCUT2D eigenvalue weighted by Crippen LogP contribution is 2.21. The zero-order chi connectivity index (χ0) is 20.6. The SMILES string of the molecule is CC(=CCc1cc(C(=O)O)ccc1O)CCC=C(C)CC[C@H](O)C(C)(C)O. The van der Waals surface area contributed by atoms with Gasteiger partial charge in [-0.2, -0.15) is 0 Å². The molecule has 0 bridgehead atoms. The Morgan fingerprint density at radius 2 is 1.78 bits per heavy atom. The maximum absolute atomic E-state index is 11.0. The molecular formula is C22H32O5. The van der Waals surface area contributed by atoms with Crippen LogP contribution >= 0.6 is 0 Å². The Morgan fingerprint density at radius 1 is 1.15 bits per heavy atom. The fraction of sp³-hybridized carbons (Fsp3) is 0.500. The lowest BCUT2D eigenvalue weighted by Crippen LogP contribution is -2.35. The van der Waals surface area contributed by atoms with E-state index in [0.717, 1.165) is 24.8 Å². The average Bonchev–Trinajstić information content (AvgIpc) is 2.57. The first kappa shape index (κ1) is 22.9. The number of aliphatic hydroxyl groups excluding tert-OH is 1. The van der Waals surface area contributed by atoms with E-state index in [9.17, 15) is 20.1 Å². The normalized spacial score (nSPS) is 14.3.